The molecule has 1 unspecified atom stereocenters. The fourth-order valence-electron chi connectivity index (χ4n) is 2.51. The van der Waals surface area contributed by atoms with Crippen LogP contribution in [-0.2, 0) is 11.2 Å². The first-order chi connectivity index (χ1) is 10.3. The van der Waals surface area contributed by atoms with Crippen LogP contribution < -0.4 is 10.6 Å². The van der Waals surface area contributed by atoms with Crippen molar-refractivity contribution in [1.82, 2.24) is 15.3 Å². The maximum absolute atomic E-state index is 11.5. The molecule has 0 saturated carbocycles. The molecule has 1 aliphatic rings. The Balaban J connectivity index is 1.78. The highest BCUT2D eigenvalue weighted by atomic mass is 16.6. The van der Waals surface area contributed by atoms with Crippen LogP contribution in [0.5, 0.6) is 0 Å². The van der Waals surface area contributed by atoms with Crippen LogP contribution in [0.25, 0.3) is 0 Å². The van der Waals surface area contributed by atoms with Crippen molar-refractivity contribution >= 4 is 12.0 Å². The van der Waals surface area contributed by atoms with Crippen LogP contribution in [0.4, 0.5) is 10.7 Å². The van der Waals surface area contributed by atoms with Crippen LogP contribution in [-0.4, -0.2) is 34.8 Å². The van der Waals surface area contributed by atoms with Crippen molar-refractivity contribution in [3.05, 3.63) is 17.5 Å². The number of carbonyl (C=O) groups excluding carboxylic acids is 1. The number of aryl methyl sites for hydroxylation is 1. The van der Waals surface area contributed by atoms with Crippen molar-refractivity contribution in [1.29, 1.82) is 0 Å². The number of carbonyl (C=O) groups is 1. The second-order valence-electron chi connectivity index (χ2n) is 6.75. The number of hydrogen-bond acceptors (Lipinski definition) is 5. The molecule has 1 aromatic rings. The third kappa shape index (κ3) is 4.86. The Morgan fingerprint density at radius 2 is 2.18 bits per heavy atom. The van der Waals surface area contributed by atoms with Crippen LogP contribution in [0.2, 0.25) is 0 Å². The second-order valence-corrected chi connectivity index (χ2v) is 6.75. The van der Waals surface area contributed by atoms with Crippen molar-refractivity contribution in [3.8, 4) is 0 Å². The smallest absolute Gasteiger partial charge is 0.407 e. The van der Waals surface area contributed by atoms with E-state index in [0.29, 0.717) is 25.0 Å². The van der Waals surface area contributed by atoms with E-state index in [9.17, 15) is 4.79 Å². The predicted octanol–water partition coefficient (Wildman–Crippen LogP) is 2.85. The molecule has 0 aromatic carbocycles. The molecule has 1 amide bonds. The van der Waals surface area contributed by atoms with E-state index in [1.165, 1.54) is 18.4 Å². The zero-order valence-electron chi connectivity index (χ0n) is 13.9. The Bertz CT molecular complexity index is 525. The van der Waals surface area contributed by atoms with Gasteiger partial charge in [0, 0.05) is 19.3 Å². The first-order valence-electron chi connectivity index (χ1n) is 7.92. The van der Waals surface area contributed by atoms with Crippen molar-refractivity contribution in [2.24, 2.45) is 0 Å². The summed E-state index contributed by atoms with van der Waals surface area (Å²) in [6.07, 6.45) is 4.98. The van der Waals surface area contributed by atoms with E-state index in [-0.39, 0.29) is 0 Å². The quantitative estimate of drug-likeness (QED) is 0.837. The molecular weight excluding hydrogens is 280 g/mol. The summed E-state index contributed by atoms with van der Waals surface area (Å²) in [5.41, 5.74) is 1.94. The zero-order valence-corrected chi connectivity index (χ0v) is 13.9. The van der Waals surface area contributed by atoms with Gasteiger partial charge in [0.15, 0.2) is 0 Å². The van der Waals surface area contributed by atoms with Gasteiger partial charge in [-0.3, -0.25) is 0 Å². The van der Waals surface area contributed by atoms with E-state index >= 15 is 0 Å². The van der Waals surface area contributed by atoms with Crippen molar-refractivity contribution in [2.45, 2.75) is 58.5 Å². The van der Waals surface area contributed by atoms with Gasteiger partial charge in [-0.15, -0.1) is 0 Å². The molecule has 6 heteroatoms. The molecule has 0 aliphatic heterocycles. The predicted molar refractivity (Wildman–Crippen MR) is 86.1 cm³/mol. The van der Waals surface area contributed by atoms with Crippen LogP contribution in [0.1, 0.15) is 57.7 Å². The molecule has 122 valence electrons. The Hall–Kier alpha value is -1.85. The Morgan fingerprint density at radius 1 is 1.41 bits per heavy atom. The minimum absolute atomic E-state index is 0.408. The van der Waals surface area contributed by atoms with Gasteiger partial charge in [0.25, 0.3) is 0 Å². The van der Waals surface area contributed by atoms with Crippen LogP contribution in [0, 0.1) is 0 Å². The number of rotatable bonds is 4. The van der Waals surface area contributed by atoms with E-state index in [1.807, 2.05) is 27.0 Å². The van der Waals surface area contributed by atoms with E-state index in [1.54, 1.807) is 0 Å². The number of ether oxygens (including phenoxy) is 1. The monoisotopic (exact) mass is 306 g/mol. The number of amides is 1. The lowest BCUT2D eigenvalue weighted by Crippen LogP contribution is -2.35. The van der Waals surface area contributed by atoms with Gasteiger partial charge in [0.2, 0.25) is 5.95 Å². The lowest BCUT2D eigenvalue weighted by molar-refractivity contribution is 0.0530. The van der Waals surface area contributed by atoms with E-state index < -0.39 is 11.7 Å². The standard InChI is InChI=1S/C16H26N4O2/c1-11-6-5-7-12-10-19-14(20-13(11)12)17-8-9-18-15(21)22-16(2,3)4/h10-11H,5-9H2,1-4H3,(H,18,21)(H,17,19,20). The number of anilines is 1. The molecule has 0 spiro atoms. The van der Waals surface area contributed by atoms with Crippen LogP contribution in [0.15, 0.2) is 6.20 Å². The highest BCUT2D eigenvalue weighted by Crippen LogP contribution is 2.29. The molecule has 1 atom stereocenters. The van der Waals surface area contributed by atoms with Crippen molar-refractivity contribution < 1.29 is 9.53 Å². The SMILES string of the molecule is CC1CCCc2cnc(NCCNC(=O)OC(C)(C)C)nc21. The molecule has 1 aliphatic carbocycles. The molecule has 2 N–H and O–H groups in total. The minimum Gasteiger partial charge on any atom is -0.444 e. The molecule has 0 fully saturated rings. The minimum atomic E-state index is -0.477. The topological polar surface area (TPSA) is 76.1 Å². The molecule has 0 radical (unpaired) electrons. The lowest BCUT2D eigenvalue weighted by Gasteiger charge is -2.21. The van der Waals surface area contributed by atoms with Crippen molar-refractivity contribution in [3.63, 3.8) is 0 Å². The van der Waals surface area contributed by atoms with Gasteiger partial charge in [0.1, 0.15) is 5.60 Å². The van der Waals surface area contributed by atoms with Gasteiger partial charge in [-0.2, -0.15) is 0 Å². The van der Waals surface area contributed by atoms with Crippen LogP contribution in [0.3, 0.4) is 0 Å². The fraction of sp³-hybridized carbons (Fsp3) is 0.688. The highest BCUT2D eigenvalue weighted by molar-refractivity contribution is 5.67. The number of alkyl carbamates (subject to hydrolysis) is 1. The highest BCUT2D eigenvalue weighted by Gasteiger charge is 2.19. The van der Waals surface area contributed by atoms with Gasteiger partial charge in [-0.05, 0) is 51.5 Å². The number of hydrogen-bond donors (Lipinski definition) is 2. The van der Waals surface area contributed by atoms with Gasteiger partial charge < -0.3 is 15.4 Å². The Kier molecular flexibility index (Phi) is 5.21. The van der Waals surface area contributed by atoms with Crippen molar-refractivity contribution in [2.75, 3.05) is 18.4 Å². The molecular formula is C16H26N4O2. The number of nitrogens with one attached hydrogen (secondary N) is 2. The largest absolute Gasteiger partial charge is 0.444 e. The van der Waals surface area contributed by atoms with Gasteiger partial charge in [0.05, 0.1) is 5.69 Å². The molecule has 0 saturated heterocycles. The average Bonchev–Trinajstić information content (AvgIpc) is 2.42. The van der Waals surface area contributed by atoms with Gasteiger partial charge in [-0.1, -0.05) is 6.92 Å². The summed E-state index contributed by atoms with van der Waals surface area (Å²) in [7, 11) is 0. The maximum atomic E-state index is 11.5. The molecule has 22 heavy (non-hydrogen) atoms. The molecule has 1 aromatic heterocycles. The molecule has 2 rings (SSSR count). The average molecular weight is 306 g/mol. The first kappa shape index (κ1) is 16.5. The summed E-state index contributed by atoms with van der Waals surface area (Å²) in [5, 5.41) is 5.84. The maximum Gasteiger partial charge on any atom is 0.407 e. The van der Waals surface area contributed by atoms with Crippen LogP contribution >= 0.6 is 0 Å². The zero-order chi connectivity index (χ0) is 16.2. The number of fused-ring (bicyclic) bond motifs is 1. The van der Waals surface area contributed by atoms with Gasteiger partial charge >= 0.3 is 6.09 Å². The summed E-state index contributed by atoms with van der Waals surface area (Å²) in [5.74, 6) is 1.12. The third-order valence-corrected chi connectivity index (χ3v) is 3.52. The second kappa shape index (κ2) is 6.94. The molecule has 0 bridgehead atoms. The summed E-state index contributed by atoms with van der Waals surface area (Å²) in [4.78, 5) is 20.5. The summed E-state index contributed by atoms with van der Waals surface area (Å²) in [6, 6.07) is 0. The number of aromatic nitrogens is 2. The summed E-state index contributed by atoms with van der Waals surface area (Å²) >= 11 is 0. The normalized spacial score (nSPS) is 17.5. The van der Waals surface area contributed by atoms with E-state index in [0.717, 1.165) is 12.1 Å². The Morgan fingerprint density at radius 3 is 2.91 bits per heavy atom. The first-order valence-corrected chi connectivity index (χ1v) is 7.92. The number of nitrogens with zero attached hydrogens (tertiary/aromatic N) is 2. The van der Waals surface area contributed by atoms with Gasteiger partial charge in [-0.25, -0.2) is 14.8 Å². The lowest BCUT2D eigenvalue weighted by atomic mass is 9.89. The Labute approximate surface area is 132 Å². The summed E-state index contributed by atoms with van der Waals surface area (Å²) < 4.78 is 5.17. The van der Waals surface area contributed by atoms with E-state index in [4.69, 9.17) is 4.74 Å². The molecule has 6 nitrogen and oxygen atoms in total. The summed E-state index contributed by atoms with van der Waals surface area (Å²) in [6.45, 7) is 8.75. The fourth-order valence-corrected chi connectivity index (χ4v) is 2.51. The third-order valence-electron chi connectivity index (χ3n) is 3.52. The van der Waals surface area contributed by atoms with E-state index in [2.05, 4.69) is 27.5 Å². The molecule has 1 heterocycles.